The summed E-state index contributed by atoms with van der Waals surface area (Å²) in [5.41, 5.74) is 1.68. The number of hydrogen-bond donors (Lipinski definition) is 1. The summed E-state index contributed by atoms with van der Waals surface area (Å²) in [4.78, 5) is 4.34. The highest BCUT2D eigenvalue weighted by molar-refractivity contribution is 5.45. The molecule has 0 aliphatic carbocycles. The smallest absolute Gasteiger partial charge is 0.266 e. The maximum atomic E-state index is 5.56. The largest absolute Gasteiger partial charge is 0.419 e. The standard InChI is InChI=1S/C12H16N4O/c1-9-5-3-6-10(14-9)12-16-15-11(17-12)7-4-8-13-2/h3,5-6,13H,4,7-8H2,1-2H3. The summed E-state index contributed by atoms with van der Waals surface area (Å²) in [5, 5.41) is 11.1. The van der Waals surface area contributed by atoms with Crippen molar-refractivity contribution in [2.75, 3.05) is 13.6 Å². The van der Waals surface area contributed by atoms with Crippen LogP contribution >= 0.6 is 0 Å². The fourth-order valence-corrected chi connectivity index (χ4v) is 1.54. The third-order valence-electron chi connectivity index (χ3n) is 2.39. The Morgan fingerprint density at radius 2 is 2.18 bits per heavy atom. The van der Waals surface area contributed by atoms with Gasteiger partial charge >= 0.3 is 0 Å². The van der Waals surface area contributed by atoms with Crippen LogP contribution in [0.25, 0.3) is 11.6 Å². The normalized spacial score (nSPS) is 10.7. The van der Waals surface area contributed by atoms with E-state index >= 15 is 0 Å². The monoisotopic (exact) mass is 232 g/mol. The van der Waals surface area contributed by atoms with Gasteiger partial charge in [-0.2, -0.15) is 0 Å². The average Bonchev–Trinajstić information content (AvgIpc) is 2.78. The van der Waals surface area contributed by atoms with Gasteiger partial charge in [-0.3, -0.25) is 0 Å². The fourth-order valence-electron chi connectivity index (χ4n) is 1.54. The molecular formula is C12H16N4O. The van der Waals surface area contributed by atoms with E-state index in [2.05, 4.69) is 20.5 Å². The molecule has 90 valence electrons. The zero-order valence-electron chi connectivity index (χ0n) is 10.1. The van der Waals surface area contributed by atoms with Crippen molar-refractivity contribution in [3.8, 4) is 11.6 Å². The lowest BCUT2D eigenvalue weighted by atomic mass is 10.3. The second-order valence-corrected chi connectivity index (χ2v) is 3.87. The van der Waals surface area contributed by atoms with Gasteiger partial charge in [-0.05, 0) is 39.1 Å². The van der Waals surface area contributed by atoms with Crippen LogP contribution in [-0.2, 0) is 6.42 Å². The molecule has 2 aromatic rings. The first-order valence-corrected chi connectivity index (χ1v) is 5.70. The van der Waals surface area contributed by atoms with E-state index in [1.165, 1.54) is 0 Å². The minimum Gasteiger partial charge on any atom is -0.419 e. The van der Waals surface area contributed by atoms with Gasteiger partial charge in [0.1, 0.15) is 5.69 Å². The quantitative estimate of drug-likeness (QED) is 0.793. The highest BCUT2D eigenvalue weighted by Crippen LogP contribution is 2.15. The number of nitrogens with zero attached hydrogens (tertiary/aromatic N) is 3. The van der Waals surface area contributed by atoms with Gasteiger partial charge in [0.15, 0.2) is 0 Å². The maximum absolute atomic E-state index is 5.56. The van der Waals surface area contributed by atoms with Crippen LogP contribution in [0.1, 0.15) is 18.0 Å². The van der Waals surface area contributed by atoms with Gasteiger partial charge in [-0.1, -0.05) is 6.07 Å². The SMILES string of the molecule is CNCCCc1nnc(-c2cccc(C)n2)o1. The Balaban J connectivity index is 2.07. The third kappa shape index (κ3) is 3.10. The highest BCUT2D eigenvalue weighted by atomic mass is 16.4. The summed E-state index contributed by atoms with van der Waals surface area (Å²) in [6, 6.07) is 5.74. The number of aromatic nitrogens is 3. The maximum Gasteiger partial charge on any atom is 0.266 e. The minimum absolute atomic E-state index is 0.494. The summed E-state index contributed by atoms with van der Waals surface area (Å²) in [5.74, 6) is 1.16. The van der Waals surface area contributed by atoms with Gasteiger partial charge in [0.2, 0.25) is 5.89 Å². The summed E-state index contributed by atoms with van der Waals surface area (Å²) in [7, 11) is 1.93. The molecule has 1 N–H and O–H groups in total. The molecule has 17 heavy (non-hydrogen) atoms. The third-order valence-corrected chi connectivity index (χ3v) is 2.39. The predicted molar refractivity (Wildman–Crippen MR) is 64.5 cm³/mol. The zero-order valence-corrected chi connectivity index (χ0v) is 10.1. The average molecular weight is 232 g/mol. The number of nitrogens with one attached hydrogen (secondary N) is 1. The second kappa shape index (κ2) is 5.54. The Kier molecular flexibility index (Phi) is 3.82. The molecule has 5 nitrogen and oxygen atoms in total. The predicted octanol–water partition coefficient (Wildman–Crippen LogP) is 1.59. The van der Waals surface area contributed by atoms with E-state index in [0.717, 1.165) is 30.8 Å². The number of pyridine rings is 1. The Bertz CT molecular complexity index is 481. The molecule has 0 aliphatic heterocycles. The minimum atomic E-state index is 0.494. The van der Waals surface area contributed by atoms with Gasteiger partial charge in [0.05, 0.1) is 0 Å². The first-order chi connectivity index (χ1) is 8.29. The van der Waals surface area contributed by atoms with E-state index in [9.17, 15) is 0 Å². The van der Waals surface area contributed by atoms with Gasteiger partial charge < -0.3 is 9.73 Å². The van der Waals surface area contributed by atoms with E-state index in [-0.39, 0.29) is 0 Å². The lowest BCUT2D eigenvalue weighted by molar-refractivity contribution is 0.493. The van der Waals surface area contributed by atoms with Gasteiger partial charge in [-0.25, -0.2) is 4.98 Å². The molecule has 2 rings (SSSR count). The zero-order chi connectivity index (χ0) is 12.1. The van der Waals surface area contributed by atoms with Gasteiger partial charge in [0, 0.05) is 12.1 Å². The number of rotatable bonds is 5. The fraction of sp³-hybridized carbons (Fsp3) is 0.417. The Morgan fingerprint density at radius 3 is 2.94 bits per heavy atom. The highest BCUT2D eigenvalue weighted by Gasteiger charge is 2.09. The lowest BCUT2D eigenvalue weighted by Gasteiger charge is -1.96. The van der Waals surface area contributed by atoms with Crippen molar-refractivity contribution in [3.63, 3.8) is 0 Å². The lowest BCUT2D eigenvalue weighted by Crippen LogP contribution is -2.08. The van der Waals surface area contributed by atoms with Crippen molar-refractivity contribution >= 4 is 0 Å². The molecule has 0 spiro atoms. The van der Waals surface area contributed by atoms with Crippen LogP contribution in [0.2, 0.25) is 0 Å². The Hall–Kier alpha value is -1.75. The van der Waals surface area contributed by atoms with Crippen LogP contribution in [0.4, 0.5) is 0 Å². The molecule has 0 saturated carbocycles. The van der Waals surface area contributed by atoms with Crippen LogP contribution in [0.15, 0.2) is 22.6 Å². The molecular weight excluding hydrogens is 216 g/mol. The molecule has 5 heteroatoms. The molecule has 2 heterocycles. The molecule has 2 aromatic heterocycles. The van der Waals surface area contributed by atoms with Crippen molar-refractivity contribution in [2.24, 2.45) is 0 Å². The molecule has 0 radical (unpaired) electrons. The molecule has 0 bridgehead atoms. The molecule has 0 unspecified atom stereocenters. The van der Waals surface area contributed by atoms with Crippen LogP contribution in [0, 0.1) is 6.92 Å². The van der Waals surface area contributed by atoms with Crippen molar-refractivity contribution < 1.29 is 4.42 Å². The van der Waals surface area contributed by atoms with Crippen LogP contribution < -0.4 is 5.32 Å². The molecule has 0 aromatic carbocycles. The van der Waals surface area contributed by atoms with Crippen LogP contribution in [0.3, 0.4) is 0 Å². The molecule has 0 amide bonds. The van der Waals surface area contributed by atoms with Gasteiger partial charge in [0.25, 0.3) is 5.89 Å². The van der Waals surface area contributed by atoms with E-state index in [1.807, 2.05) is 32.2 Å². The van der Waals surface area contributed by atoms with Crippen molar-refractivity contribution in [1.29, 1.82) is 0 Å². The number of aryl methyl sites for hydroxylation is 2. The summed E-state index contributed by atoms with van der Waals surface area (Å²) >= 11 is 0. The summed E-state index contributed by atoms with van der Waals surface area (Å²) in [6.07, 6.45) is 1.78. The first-order valence-electron chi connectivity index (χ1n) is 5.70. The molecule has 0 aliphatic rings. The van der Waals surface area contributed by atoms with E-state index < -0.39 is 0 Å². The second-order valence-electron chi connectivity index (χ2n) is 3.87. The van der Waals surface area contributed by atoms with Crippen molar-refractivity contribution in [2.45, 2.75) is 19.8 Å². The topological polar surface area (TPSA) is 63.8 Å². The summed E-state index contributed by atoms with van der Waals surface area (Å²) < 4.78 is 5.56. The Morgan fingerprint density at radius 1 is 1.29 bits per heavy atom. The number of hydrogen-bond acceptors (Lipinski definition) is 5. The molecule has 0 saturated heterocycles. The van der Waals surface area contributed by atoms with E-state index in [4.69, 9.17) is 4.42 Å². The molecule has 0 atom stereocenters. The van der Waals surface area contributed by atoms with Crippen molar-refractivity contribution in [3.05, 3.63) is 29.8 Å². The van der Waals surface area contributed by atoms with E-state index in [0.29, 0.717) is 11.8 Å². The van der Waals surface area contributed by atoms with Crippen molar-refractivity contribution in [1.82, 2.24) is 20.5 Å². The van der Waals surface area contributed by atoms with Gasteiger partial charge in [-0.15, -0.1) is 10.2 Å². The first kappa shape index (κ1) is 11.7. The molecule has 0 fully saturated rings. The van der Waals surface area contributed by atoms with Crippen LogP contribution in [-0.4, -0.2) is 28.8 Å². The Labute approximate surface area is 100 Å². The van der Waals surface area contributed by atoms with Crippen LogP contribution in [0.5, 0.6) is 0 Å². The summed E-state index contributed by atoms with van der Waals surface area (Å²) in [6.45, 7) is 2.88. The van der Waals surface area contributed by atoms with E-state index in [1.54, 1.807) is 0 Å².